The van der Waals surface area contributed by atoms with Crippen LogP contribution in [0.2, 0.25) is 0 Å². The topological polar surface area (TPSA) is 75.7 Å². The van der Waals surface area contributed by atoms with Crippen LogP contribution in [0.15, 0.2) is 66.7 Å². The number of hydrogen-bond acceptors (Lipinski definition) is 7. The van der Waals surface area contributed by atoms with Gasteiger partial charge in [-0.1, -0.05) is 60.7 Å². The standard InChI is InChI=1S/C29H33NO7/c1-28(2)32-17-21(35-28)24-22(25-27(34-24)37-29(3,4)36-25)30-20(16-15-18-11-7-5-8-12-18)23(26(30)31)33-19-13-9-6-10-14-19/h5-16,20-25,27H,17H2,1-4H3/b16-15+/t20?,21?,22-,23?,24?,25?,27?/m0/s1. The van der Waals surface area contributed by atoms with Crippen molar-refractivity contribution >= 4 is 12.0 Å². The molecule has 4 heterocycles. The number of benzene rings is 2. The molecule has 4 aliphatic heterocycles. The Morgan fingerprint density at radius 3 is 2.27 bits per heavy atom. The molecule has 0 spiro atoms. The Hall–Kier alpha value is -2.75. The average Bonchev–Trinajstić information content (AvgIpc) is 3.50. The van der Waals surface area contributed by atoms with E-state index in [1.165, 1.54) is 0 Å². The lowest BCUT2D eigenvalue weighted by molar-refractivity contribution is -0.232. The predicted molar refractivity (Wildman–Crippen MR) is 134 cm³/mol. The fourth-order valence-electron chi connectivity index (χ4n) is 5.60. The van der Waals surface area contributed by atoms with Gasteiger partial charge in [-0.2, -0.15) is 0 Å². The average molecular weight is 508 g/mol. The van der Waals surface area contributed by atoms with E-state index < -0.39 is 42.2 Å². The molecule has 37 heavy (non-hydrogen) atoms. The van der Waals surface area contributed by atoms with Crippen molar-refractivity contribution in [3.05, 3.63) is 72.3 Å². The van der Waals surface area contributed by atoms with Crippen LogP contribution in [0.3, 0.4) is 0 Å². The monoisotopic (exact) mass is 507 g/mol. The van der Waals surface area contributed by atoms with E-state index in [0.29, 0.717) is 12.4 Å². The van der Waals surface area contributed by atoms with Gasteiger partial charge in [0.2, 0.25) is 6.10 Å². The SMILES string of the molecule is CC1(C)OCC(C2OC3OC(C)(C)OC3[C@H]2N2C(=O)C(Oc3ccccc3)C2/C=C/c2ccccc2)O1. The van der Waals surface area contributed by atoms with Crippen molar-refractivity contribution in [3.63, 3.8) is 0 Å². The second kappa shape index (κ2) is 9.22. The fourth-order valence-corrected chi connectivity index (χ4v) is 5.60. The molecule has 0 aromatic heterocycles. The summed E-state index contributed by atoms with van der Waals surface area (Å²) in [7, 11) is 0. The van der Waals surface area contributed by atoms with Crippen molar-refractivity contribution in [1.82, 2.24) is 4.90 Å². The highest BCUT2D eigenvalue weighted by Gasteiger charge is 2.65. The molecular formula is C29H33NO7. The Morgan fingerprint density at radius 1 is 0.892 bits per heavy atom. The molecule has 4 fully saturated rings. The molecule has 2 aromatic rings. The lowest BCUT2D eigenvalue weighted by Gasteiger charge is -2.50. The minimum Gasteiger partial charge on any atom is -0.478 e. The number of likely N-dealkylation sites (tertiary alicyclic amines) is 1. The first-order valence-electron chi connectivity index (χ1n) is 12.8. The third-order valence-corrected chi connectivity index (χ3v) is 7.19. The number of rotatable bonds is 6. The third kappa shape index (κ3) is 4.69. The molecule has 6 rings (SSSR count). The molecule has 196 valence electrons. The van der Waals surface area contributed by atoms with Gasteiger partial charge in [0.05, 0.1) is 18.7 Å². The van der Waals surface area contributed by atoms with Gasteiger partial charge in [0.25, 0.3) is 5.91 Å². The van der Waals surface area contributed by atoms with Crippen LogP contribution < -0.4 is 4.74 Å². The number of β-lactam (4-membered cyclic amide) rings is 1. The first-order valence-corrected chi connectivity index (χ1v) is 12.8. The number of amides is 1. The molecule has 4 saturated heterocycles. The first-order chi connectivity index (χ1) is 17.7. The van der Waals surface area contributed by atoms with Crippen LogP contribution in [0.4, 0.5) is 0 Å². The number of carbonyl (C=O) groups excluding carboxylic acids is 1. The molecule has 8 heteroatoms. The summed E-state index contributed by atoms with van der Waals surface area (Å²) in [6.07, 6.45) is 1.42. The van der Waals surface area contributed by atoms with E-state index >= 15 is 0 Å². The molecule has 0 bridgehead atoms. The molecule has 0 aliphatic carbocycles. The largest absolute Gasteiger partial charge is 0.478 e. The maximum Gasteiger partial charge on any atom is 0.267 e. The van der Waals surface area contributed by atoms with Crippen LogP contribution in [0.1, 0.15) is 33.3 Å². The maximum absolute atomic E-state index is 13.8. The van der Waals surface area contributed by atoms with E-state index in [1.807, 2.05) is 105 Å². The summed E-state index contributed by atoms with van der Waals surface area (Å²) in [5, 5.41) is 0. The molecule has 8 nitrogen and oxygen atoms in total. The molecule has 6 unspecified atom stereocenters. The van der Waals surface area contributed by atoms with Gasteiger partial charge in [-0.05, 0) is 45.4 Å². The molecule has 0 saturated carbocycles. The van der Waals surface area contributed by atoms with Crippen molar-refractivity contribution < 1.29 is 33.2 Å². The molecule has 0 radical (unpaired) electrons. The minimum atomic E-state index is -0.825. The van der Waals surface area contributed by atoms with Gasteiger partial charge >= 0.3 is 0 Å². The van der Waals surface area contributed by atoms with Crippen molar-refractivity contribution in [2.75, 3.05) is 6.61 Å². The van der Waals surface area contributed by atoms with Crippen LogP contribution in [0.5, 0.6) is 5.75 Å². The zero-order valence-corrected chi connectivity index (χ0v) is 21.5. The number of fused-ring (bicyclic) bond motifs is 1. The van der Waals surface area contributed by atoms with Crippen molar-refractivity contribution in [1.29, 1.82) is 0 Å². The molecule has 0 N–H and O–H groups in total. The molecule has 1 amide bonds. The summed E-state index contributed by atoms with van der Waals surface area (Å²) in [5.74, 6) is -1.04. The van der Waals surface area contributed by atoms with Gasteiger partial charge in [-0.3, -0.25) is 4.79 Å². The molecule has 2 aromatic carbocycles. The Labute approximate surface area is 217 Å². The van der Waals surface area contributed by atoms with E-state index in [-0.39, 0.29) is 18.1 Å². The number of ether oxygens (including phenoxy) is 6. The second-order valence-electron chi connectivity index (χ2n) is 10.8. The Morgan fingerprint density at radius 2 is 1.59 bits per heavy atom. The highest BCUT2D eigenvalue weighted by Crippen LogP contribution is 2.45. The van der Waals surface area contributed by atoms with E-state index in [9.17, 15) is 4.79 Å². The first kappa shape index (κ1) is 24.6. The molecule has 4 aliphatic rings. The maximum atomic E-state index is 13.8. The second-order valence-corrected chi connectivity index (χ2v) is 10.8. The fraction of sp³-hybridized carbons (Fsp3) is 0.483. The number of nitrogens with zero attached hydrogens (tertiary/aromatic N) is 1. The number of hydrogen-bond donors (Lipinski definition) is 0. The lowest BCUT2D eigenvalue weighted by atomic mass is 9.89. The summed E-state index contributed by atoms with van der Waals surface area (Å²) < 4.78 is 36.9. The van der Waals surface area contributed by atoms with Crippen molar-refractivity contribution in [2.24, 2.45) is 0 Å². The van der Waals surface area contributed by atoms with Crippen LogP contribution in [0, 0.1) is 0 Å². The molecule has 7 atom stereocenters. The van der Waals surface area contributed by atoms with Crippen LogP contribution in [0.25, 0.3) is 6.08 Å². The van der Waals surface area contributed by atoms with Gasteiger partial charge in [0.1, 0.15) is 24.1 Å². The van der Waals surface area contributed by atoms with E-state index in [0.717, 1.165) is 5.56 Å². The smallest absolute Gasteiger partial charge is 0.267 e. The minimum absolute atomic E-state index is 0.128. The van der Waals surface area contributed by atoms with Gasteiger partial charge < -0.3 is 33.3 Å². The summed E-state index contributed by atoms with van der Waals surface area (Å²) >= 11 is 0. The quantitative estimate of drug-likeness (QED) is 0.551. The number of para-hydroxylation sites is 1. The summed E-state index contributed by atoms with van der Waals surface area (Å²) in [4.78, 5) is 15.6. The molecular weight excluding hydrogens is 474 g/mol. The van der Waals surface area contributed by atoms with E-state index in [2.05, 4.69) is 0 Å². The summed E-state index contributed by atoms with van der Waals surface area (Å²) in [5.41, 5.74) is 1.04. The number of carbonyl (C=O) groups is 1. The highest BCUT2D eigenvalue weighted by atomic mass is 16.8. The zero-order valence-electron chi connectivity index (χ0n) is 21.5. The summed E-state index contributed by atoms with van der Waals surface area (Å²) in [6.45, 7) is 7.80. The van der Waals surface area contributed by atoms with E-state index in [1.54, 1.807) is 0 Å². The van der Waals surface area contributed by atoms with Crippen molar-refractivity contribution in [2.45, 2.75) is 82.1 Å². The lowest BCUT2D eigenvalue weighted by Crippen LogP contribution is -2.72. The Balaban J connectivity index is 1.33. The van der Waals surface area contributed by atoms with Gasteiger partial charge in [0.15, 0.2) is 17.9 Å². The Bertz CT molecular complexity index is 1150. The van der Waals surface area contributed by atoms with Gasteiger partial charge in [0, 0.05) is 0 Å². The van der Waals surface area contributed by atoms with Crippen LogP contribution in [-0.4, -0.2) is 71.8 Å². The van der Waals surface area contributed by atoms with Crippen LogP contribution in [-0.2, 0) is 28.5 Å². The van der Waals surface area contributed by atoms with Crippen molar-refractivity contribution in [3.8, 4) is 5.75 Å². The Kier molecular flexibility index (Phi) is 6.12. The van der Waals surface area contributed by atoms with Crippen LogP contribution >= 0.6 is 0 Å². The zero-order chi connectivity index (χ0) is 25.8. The summed E-state index contributed by atoms with van der Waals surface area (Å²) in [6, 6.07) is 18.6. The van der Waals surface area contributed by atoms with Gasteiger partial charge in [-0.15, -0.1) is 0 Å². The predicted octanol–water partition coefficient (Wildman–Crippen LogP) is 3.75. The van der Waals surface area contributed by atoms with E-state index in [4.69, 9.17) is 28.4 Å². The normalized spacial score (nSPS) is 36.1. The van der Waals surface area contributed by atoms with Gasteiger partial charge in [-0.25, -0.2) is 0 Å². The highest BCUT2D eigenvalue weighted by molar-refractivity contribution is 5.90. The third-order valence-electron chi connectivity index (χ3n) is 7.19.